The molecule has 3 heteroatoms. The van der Waals surface area contributed by atoms with Crippen LogP contribution < -0.4 is 0 Å². The molecule has 1 heterocycles. The molecule has 0 aromatic heterocycles. The molecule has 0 amide bonds. The summed E-state index contributed by atoms with van der Waals surface area (Å²) in [6.07, 6.45) is 0. The number of hydrogen-bond donors (Lipinski definition) is 0. The van der Waals surface area contributed by atoms with Crippen molar-refractivity contribution in [3.8, 4) is 0 Å². The second-order valence-electron chi connectivity index (χ2n) is 2.88. The van der Waals surface area contributed by atoms with Gasteiger partial charge in [0.05, 0.1) is 13.2 Å². The lowest BCUT2D eigenvalue weighted by Crippen LogP contribution is -2.14. The second kappa shape index (κ2) is 2.82. The van der Waals surface area contributed by atoms with E-state index in [2.05, 4.69) is 18.8 Å². The molecule has 0 saturated heterocycles. The number of hydrogen-bond acceptors (Lipinski definition) is 3. The maximum Gasteiger partial charge on any atom is 0.246 e. The summed E-state index contributed by atoms with van der Waals surface area (Å²) in [5, 5.41) is 0.854. The van der Waals surface area contributed by atoms with Crippen molar-refractivity contribution in [2.45, 2.75) is 25.5 Å². The Morgan fingerprint density at radius 3 is 2.80 bits per heavy atom. The van der Waals surface area contributed by atoms with Gasteiger partial charge in [-0.25, -0.2) is 4.99 Å². The lowest BCUT2D eigenvalue weighted by atomic mass is 10.2. The van der Waals surface area contributed by atoms with E-state index in [-0.39, 0.29) is 4.75 Å². The van der Waals surface area contributed by atoms with E-state index in [1.165, 1.54) is 0 Å². The van der Waals surface area contributed by atoms with Gasteiger partial charge >= 0.3 is 0 Å². The molecule has 0 bridgehead atoms. The van der Waals surface area contributed by atoms with Gasteiger partial charge in [-0.05, 0) is 20.8 Å². The van der Waals surface area contributed by atoms with E-state index < -0.39 is 0 Å². The SMILES string of the molecule is CCOC1=NCC(C)(C)S1. The lowest BCUT2D eigenvalue weighted by Gasteiger charge is -2.12. The van der Waals surface area contributed by atoms with Crippen LogP contribution in [-0.4, -0.2) is 23.1 Å². The van der Waals surface area contributed by atoms with Gasteiger partial charge in [0.15, 0.2) is 0 Å². The van der Waals surface area contributed by atoms with Gasteiger partial charge in [0.25, 0.3) is 0 Å². The third kappa shape index (κ3) is 1.90. The third-order valence-corrected chi connectivity index (χ3v) is 2.32. The summed E-state index contributed by atoms with van der Waals surface area (Å²) < 4.78 is 5.51. The van der Waals surface area contributed by atoms with Crippen molar-refractivity contribution in [3.63, 3.8) is 0 Å². The van der Waals surface area contributed by atoms with Gasteiger partial charge in [0.2, 0.25) is 5.23 Å². The van der Waals surface area contributed by atoms with Crippen LogP contribution >= 0.6 is 11.8 Å². The second-order valence-corrected chi connectivity index (χ2v) is 4.54. The van der Waals surface area contributed by atoms with Crippen LogP contribution in [0.25, 0.3) is 0 Å². The van der Waals surface area contributed by atoms with Crippen molar-refractivity contribution in [1.29, 1.82) is 0 Å². The molecule has 0 aromatic carbocycles. The molecule has 0 N–H and O–H groups in total. The number of ether oxygens (including phenoxy) is 1. The van der Waals surface area contributed by atoms with Gasteiger partial charge in [-0.1, -0.05) is 11.8 Å². The smallest absolute Gasteiger partial charge is 0.246 e. The zero-order valence-corrected chi connectivity index (χ0v) is 7.49. The Balaban J connectivity index is 2.39. The van der Waals surface area contributed by atoms with E-state index >= 15 is 0 Å². The Labute approximate surface area is 66.1 Å². The van der Waals surface area contributed by atoms with E-state index in [1.807, 2.05) is 6.92 Å². The Kier molecular flexibility index (Phi) is 2.24. The average Bonchev–Trinajstić information content (AvgIpc) is 2.12. The molecular formula is C7H13NOS. The molecule has 10 heavy (non-hydrogen) atoms. The van der Waals surface area contributed by atoms with Crippen molar-refractivity contribution in [2.24, 2.45) is 4.99 Å². The molecule has 58 valence electrons. The molecule has 0 unspecified atom stereocenters. The fourth-order valence-electron chi connectivity index (χ4n) is 0.754. The molecule has 0 fully saturated rings. The van der Waals surface area contributed by atoms with Crippen LogP contribution in [0.5, 0.6) is 0 Å². The van der Waals surface area contributed by atoms with Gasteiger partial charge in [-0.15, -0.1) is 0 Å². The normalized spacial score (nSPS) is 22.5. The van der Waals surface area contributed by atoms with Crippen molar-refractivity contribution in [2.75, 3.05) is 13.2 Å². The van der Waals surface area contributed by atoms with Gasteiger partial charge in [-0.3, -0.25) is 0 Å². The van der Waals surface area contributed by atoms with Crippen LogP contribution in [0.4, 0.5) is 0 Å². The van der Waals surface area contributed by atoms with E-state index in [0.29, 0.717) is 0 Å². The molecular weight excluding hydrogens is 146 g/mol. The molecule has 0 radical (unpaired) electrons. The van der Waals surface area contributed by atoms with E-state index in [9.17, 15) is 0 Å². The van der Waals surface area contributed by atoms with Gasteiger partial charge in [0, 0.05) is 4.75 Å². The number of thioether (sulfide) groups is 1. The predicted molar refractivity (Wildman–Crippen MR) is 45.6 cm³/mol. The lowest BCUT2D eigenvalue weighted by molar-refractivity contribution is 0.338. The number of nitrogens with zero attached hydrogens (tertiary/aromatic N) is 1. The first-order valence-electron chi connectivity index (χ1n) is 3.50. The van der Waals surface area contributed by atoms with E-state index in [1.54, 1.807) is 11.8 Å². The van der Waals surface area contributed by atoms with Crippen molar-refractivity contribution in [3.05, 3.63) is 0 Å². The van der Waals surface area contributed by atoms with Crippen molar-refractivity contribution < 1.29 is 4.74 Å². The van der Waals surface area contributed by atoms with Gasteiger partial charge in [-0.2, -0.15) is 0 Å². The Morgan fingerprint density at radius 2 is 2.40 bits per heavy atom. The summed E-state index contributed by atoms with van der Waals surface area (Å²) in [5.41, 5.74) is 0. The Morgan fingerprint density at radius 1 is 1.70 bits per heavy atom. The van der Waals surface area contributed by atoms with Crippen molar-refractivity contribution in [1.82, 2.24) is 0 Å². The fourth-order valence-corrected chi connectivity index (χ4v) is 1.66. The standard InChI is InChI=1S/C7H13NOS/c1-4-9-6-8-5-7(2,3)10-6/h4-5H2,1-3H3. The maximum atomic E-state index is 5.25. The highest BCUT2D eigenvalue weighted by molar-refractivity contribution is 8.15. The molecule has 0 atom stereocenters. The summed E-state index contributed by atoms with van der Waals surface area (Å²) in [6, 6.07) is 0. The molecule has 0 aromatic rings. The molecule has 0 saturated carbocycles. The largest absolute Gasteiger partial charge is 0.473 e. The van der Waals surface area contributed by atoms with Crippen LogP contribution in [-0.2, 0) is 4.74 Å². The number of rotatable bonds is 1. The van der Waals surface area contributed by atoms with Gasteiger partial charge in [0.1, 0.15) is 0 Å². The molecule has 0 spiro atoms. The summed E-state index contributed by atoms with van der Waals surface area (Å²) in [4.78, 5) is 4.24. The van der Waals surface area contributed by atoms with Gasteiger partial charge < -0.3 is 4.74 Å². The highest BCUT2D eigenvalue weighted by Gasteiger charge is 2.27. The first-order chi connectivity index (χ1) is 4.64. The fraction of sp³-hybridized carbons (Fsp3) is 0.857. The molecule has 1 aliphatic heterocycles. The van der Waals surface area contributed by atoms with Crippen LogP contribution in [0.2, 0.25) is 0 Å². The van der Waals surface area contributed by atoms with Crippen LogP contribution in [0.3, 0.4) is 0 Å². The Hall–Kier alpha value is -0.180. The predicted octanol–water partition coefficient (Wildman–Crippen LogP) is 1.90. The molecule has 0 aliphatic carbocycles. The maximum absolute atomic E-state index is 5.25. The zero-order valence-electron chi connectivity index (χ0n) is 6.68. The third-order valence-electron chi connectivity index (χ3n) is 1.22. The monoisotopic (exact) mass is 159 g/mol. The highest BCUT2D eigenvalue weighted by atomic mass is 32.2. The molecule has 1 rings (SSSR count). The molecule has 1 aliphatic rings. The van der Waals surface area contributed by atoms with E-state index in [4.69, 9.17) is 4.74 Å². The summed E-state index contributed by atoms with van der Waals surface area (Å²) in [7, 11) is 0. The zero-order chi connectivity index (χ0) is 7.61. The average molecular weight is 159 g/mol. The minimum atomic E-state index is 0.254. The van der Waals surface area contributed by atoms with Crippen LogP contribution in [0, 0.1) is 0 Å². The first-order valence-corrected chi connectivity index (χ1v) is 4.32. The quantitative estimate of drug-likeness (QED) is 0.583. The van der Waals surface area contributed by atoms with Crippen LogP contribution in [0.1, 0.15) is 20.8 Å². The van der Waals surface area contributed by atoms with Crippen molar-refractivity contribution >= 4 is 17.0 Å². The highest BCUT2D eigenvalue weighted by Crippen LogP contribution is 2.31. The first kappa shape index (κ1) is 7.92. The summed E-state index contributed by atoms with van der Waals surface area (Å²) >= 11 is 1.72. The number of aliphatic imine (C=N–C) groups is 1. The summed E-state index contributed by atoms with van der Waals surface area (Å²) in [6.45, 7) is 7.93. The van der Waals surface area contributed by atoms with Crippen LogP contribution in [0.15, 0.2) is 4.99 Å². The Bertz CT molecular complexity index is 154. The minimum Gasteiger partial charge on any atom is -0.473 e. The summed E-state index contributed by atoms with van der Waals surface area (Å²) in [5.74, 6) is 0. The van der Waals surface area contributed by atoms with E-state index in [0.717, 1.165) is 18.4 Å². The minimum absolute atomic E-state index is 0.254. The topological polar surface area (TPSA) is 21.6 Å². The molecule has 2 nitrogen and oxygen atoms in total.